The number of hydrogen-bond acceptors (Lipinski definition) is 7. The van der Waals surface area contributed by atoms with Crippen molar-refractivity contribution in [3.05, 3.63) is 34.1 Å². The predicted molar refractivity (Wildman–Crippen MR) is 93.0 cm³/mol. The van der Waals surface area contributed by atoms with Gasteiger partial charge < -0.3 is 14.4 Å². The summed E-state index contributed by atoms with van der Waals surface area (Å²) >= 11 is 1.82. The van der Waals surface area contributed by atoms with Gasteiger partial charge in [0.25, 0.3) is 0 Å². The molecule has 2 aromatic heterocycles. The van der Waals surface area contributed by atoms with E-state index in [4.69, 9.17) is 19.2 Å². The van der Waals surface area contributed by atoms with E-state index in [-0.39, 0.29) is 5.92 Å². The van der Waals surface area contributed by atoms with Gasteiger partial charge in [0.2, 0.25) is 5.89 Å². The van der Waals surface area contributed by atoms with Crippen LogP contribution in [0.25, 0.3) is 0 Å². The van der Waals surface area contributed by atoms with Crippen LogP contribution in [-0.4, -0.2) is 57.6 Å². The lowest BCUT2D eigenvalue weighted by atomic mass is 9.90. The van der Waals surface area contributed by atoms with E-state index in [1.54, 1.807) is 0 Å². The van der Waals surface area contributed by atoms with E-state index in [1.807, 2.05) is 18.3 Å². The fourth-order valence-corrected chi connectivity index (χ4v) is 4.23. The molecule has 0 saturated carbocycles. The number of carbonyl (C=O) groups is 1. The van der Waals surface area contributed by atoms with Gasteiger partial charge in [-0.2, -0.15) is 18.2 Å². The number of aryl methyl sites for hydroxylation is 1. The topological polar surface area (TPSA) is 88.7 Å². The fraction of sp³-hybridized carbons (Fsp3) is 0.588. The van der Waals surface area contributed by atoms with E-state index >= 15 is 0 Å². The number of halogens is 3. The van der Waals surface area contributed by atoms with Crippen molar-refractivity contribution in [3.8, 4) is 0 Å². The summed E-state index contributed by atoms with van der Waals surface area (Å²) in [7, 11) is 0. The largest absolute Gasteiger partial charge is 0.490 e. The van der Waals surface area contributed by atoms with Gasteiger partial charge in [-0.05, 0) is 31.2 Å². The molecule has 4 rings (SSSR count). The lowest BCUT2D eigenvalue weighted by Crippen LogP contribution is -2.48. The van der Waals surface area contributed by atoms with Gasteiger partial charge in [-0.3, -0.25) is 4.90 Å². The maximum atomic E-state index is 10.6. The summed E-state index contributed by atoms with van der Waals surface area (Å²) in [5, 5.41) is 13.2. The Bertz CT molecular complexity index is 781. The molecule has 2 aliphatic rings. The Morgan fingerprint density at radius 2 is 2.21 bits per heavy atom. The molecule has 3 atom stereocenters. The number of piperidine rings is 1. The summed E-state index contributed by atoms with van der Waals surface area (Å²) in [6.07, 6.45) is -2.66. The van der Waals surface area contributed by atoms with E-state index in [0.29, 0.717) is 18.0 Å². The zero-order valence-corrected chi connectivity index (χ0v) is 15.9. The Labute approximate surface area is 163 Å². The van der Waals surface area contributed by atoms with Gasteiger partial charge in [-0.25, -0.2) is 4.79 Å². The standard InChI is InChI=1S/C15H19N3O2S.C2HF3O2/c1-10-16-15(20-17-10)11-7-14-13(4-5-19-14)18(8-11)9-12-3-2-6-21-12;3-2(4,5)1(6)7/h2-3,6,11,13-14H,4-5,7-9H2,1H3;(H,6,7)/t11-,13+,14+;/m0./s1. The van der Waals surface area contributed by atoms with Crippen molar-refractivity contribution in [1.29, 1.82) is 0 Å². The van der Waals surface area contributed by atoms with Crippen LogP contribution >= 0.6 is 11.3 Å². The molecular formula is C17H20F3N3O4S. The molecule has 11 heteroatoms. The van der Waals surface area contributed by atoms with Crippen molar-refractivity contribution < 1.29 is 32.3 Å². The summed E-state index contributed by atoms with van der Waals surface area (Å²) in [4.78, 5) is 17.3. The first kappa shape index (κ1) is 20.7. The SMILES string of the molecule is Cc1noc([C@H]2C[C@H]3OCC[C@H]3N(Cc3cccs3)C2)n1.O=C(O)C(F)(F)F. The van der Waals surface area contributed by atoms with Crippen molar-refractivity contribution in [3.63, 3.8) is 0 Å². The van der Waals surface area contributed by atoms with Crippen LogP contribution in [-0.2, 0) is 16.1 Å². The lowest BCUT2D eigenvalue weighted by molar-refractivity contribution is -0.192. The Morgan fingerprint density at radius 3 is 2.79 bits per heavy atom. The van der Waals surface area contributed by atoms with E-state index < -0.39 is 12.1 Å². The first-order valence-electron chi connectivity index (χ1n) is 8.72. The number of hydrogen-bond donors (Lipinski definition) is 1. The first-order chi connectivity index (χ1) is 13.2. The van der Waals surface area contributed by atoms with Crippen LogP contribution in [0.4, 0.5) is 13.2 Å². The molecule has 0 radical (unpaired) electrons. The second kappa shape index (κ2) is 8.58. The summed E-state index contributed by atoms with van der Waals surface area (Å²) in [5.74, 6) is -1.00. The minimum absolute atomic E-state index is 0.283. The monoisotopic (exact) mass is 419 g/mol. The third-order valence-electron chi connectivity index (χ3n) is 4.69. The van der Waals surface area contributed by atoms with Crippen molar-refractivity contribution >= 4 is 17.3 Å². The van der Waals surface area contributed by atoms with E-state index in [0.717, 1.165) is 38.4 Å². The average Bonchev–Trinajstić information content (AvgIpc) is 3.35. The third-order valence-corrected chi connectivity index (χ3v) is 5.55. The molecule has 2 fully saturated rings. The molecule has 2 aliphatic heterocycles. The zero-order valence-electron chi connectivity index (χ0n) is 15.1. The number of rotatable bonds is 3. The lowest BCUT2D eigenvalue weighted by Gasteiger charge is -2.39. The molecule has 7 nitrogen and oxygen atoms in total. The third kappa shape index (κ3) is 5.09. The van der Waals surface area contributed by atoms with Crippen LogP contribution in [0, 0.1) is 6.92 Å². The Balaban J connectivity index is 0.000000279. The number of aromatic nitrogens is 2. The number of likely N-dealkylation sites (tertiary alicyclic amines) is 1. The Morgan fingerprint density at radius 1 is 1.46 bits per heavy atom. The molecule has 0 bridgehead atoms. The van der Waals surface area contributed by atoms with Crippen LogP contribution in [0.15, 0.2) is 22.0 Å². The molecule has 2 saturated heterocycles. The molecule has 0 aliphatic carbocycles. The molecular weight excluding hydrogens is 399 g/mol. The Kier molecular flexibility index (Phi) is 6.36. The maximum Gasteiger partial charge on any atom is 0.490 e. The van der Waals surface area contributed by atoms with Crippen molar-refractivity contribution in [2.24, 2.45) is 0 Å². The van der Waals surface area contributed by atoms with Crippen LogP contribution in [0.1, 0.15) is 35.4 Å². The van der Waals surface area contributed by atoms with Gasteiger partial charge in [-0.1, -0.05) is 11.2 Å². The second-order valence-electron chi connectivity index (χ2n) is 6.69. The van der Waals surface area contributed by atoms with E-state index in [1.165, 1.54) is 4.88 Å². The smallest absolute Gasteiger partial charge is 0.475 e. The molecule has 2 aromatic rings. The zero-order chi connectivity index (χ0) is 20.3. The highest BCUT2D eigenvalue weighted by atomic mass is 32.1. The molecule has 154 valence electrons. The summed E-state index contributed by atoms with van der Waals surface area (Å²) in [6, 6.07) is 4.86. The molecule has 28 heavy (non-hydrogen) atoms. The number of nitrogens with zero attached hydrogens (tertiary/aromatic N) is 3. The highest BCUT2D eigenvalue weighted by Gasteiger charge is 2.42. The summed E-state index contributed by atoms with van der Waals surface area (Å²) in [5.41, 5.74) is 0. The maximum absolute atomic E-state index is 10.6. The minimum Gasteiger partial charge on any atom is -0.475 e. The summed E-state index contributed by atoms with van der Waals surface area (Å²) in [6.45, 7) is 4.70. The highest BCUT2D eigenvalue weighted by molar-refractivity contribution is 7.09. The number of ether oxygens (including phenoxy) is 1. The first-order valence-corrected chi connectivity index (χ1v) is 9.60. The molecule has 1 N–H and O–H groups in total. The molecule has 0 amide bonds. The van der Waals surface area contributed by atoms with Crippen LogP contribution in [0.3, 0.4) is 0 Å². The fourth-order valence-electron chi connectivity index (χ4n) is 3.50. The van der Waals surface area contributed by atoms with Crippen LogP contribution < -0.4 is 0 Å². The quantitative estimate of drug-likeness (QED) is 0.817. The predicted octanol–water partition coefficient (Wildman–Crippen LogP) is 3.22. The van der Waals surface area contributed by atoms with Gasteiger partial charge >= 0.3 is 12.1 Å². The molecule has 0 unspecified atom stereocenters. The number of carboxylic acid groups (broad SMARTS) is 1. The molecule has 4 heterocycles. The van der Waals surface area contributed by atoms with Gasteiger partial charge in [0.1, 0.15) is 0 Å². The number of carboxylic acids is 1. The second-order valence-corrected chi connectivity index (χ2v) is 7.72. The number of fused-ring (bicyclic) bond motifs is 1. The molecule has 0 spiro atoms. The molecule has 0 aromatic carbocycles. The van der Waals surface area contributed by atoms with Crippen LogP contribution in [0.5, 0.6) is 0 Å². The number of aliphatic carboxylic acids is 1. The van der Waals surface area contributed by atoms with Gasteiger partial charge in [0.15, 0.2) is 5.82 Å². The van der Waals surface area contributed by atoms with Gasteiger partial charge in [0, 0.05) is 30.6 Å². The number of alkyl halides is 3. The van der Waals surface area contributed by atoms with Crippen LogP contribution in [0.2, 0.25) is 0 Å². The normalized spacial score (nSPS) is 25.1. The van der Waals surface area contributed by atoms with E-state index in [2.05, 4.69) is 32.6 Å². The summed E-state index contributed by atoms with van der Waals surface area (Å²) < 4.78 is 43.1. The van der Waals surface area contributed by atoms with Gasteiger partial charge in [-0.15, -0.1) is 11.3 Å². The van der Waals surface area contributed by atoms with Gasteiger partial charge in [0.05, 0.1) is 12.0 Å². The van der Waals surface area contributed by atoms with Crippen molar-refractivity contribution in [2.45, 2.75) is 50.6 Å². The number of thiophene rings is 1. The average molecular weight is 419 g/mol. The van der Waals surface area contributed by atoms with E-state index in [9.17, 15) is 13.2 Å². The highest BCUT2D eigenvalue weighted by Crippen LogP contribution is 2.36. The van der Waals surface area contributed by atoms with Crippen molar-refractivity contribution in [1.82, 2.24) is 15.0 Å². The van der Waals surface area contributed by atoms with Crippen molar-refractivity contribution in [2.75, 3.05) is 13.2 Å². The minimum atomic E-state index is -5.08. The Hall–Kier alpha value is -1.98.